The number of hydrogen-bond donors (Lipinski definition) is 2. The summed E-state index contributed by atoms with van der Waals surface area (Å²) in [5.74, 6) is -0.0737. The van der Waals surface area contributed by atoms with E-state index >= 15 is 0 Å². The van der Waals surface area contributed by atoms with Crippen LogP contribution >= 0.6 is 0 Å². The molecule has 1 fully saturated rings. The highest BCUT2D eigenvalue weighted by Crippen LogP contribution is 2.17. The summed E-state index contributed by atoms with van der Waals surface area (Å²) in [4.78, 5) is 12.1. The van der Waals surface area contributed by atoms with Crippen molar-refractivity contribution in [2.45, 2.75) is 44.7 Å². The molecular weight excluding hydrogens is 216 g/mol. The van der Waals surface area contributed by atoms with Gasteiger partial charge in [-0.15, -0.1) is 0 Å². The molecule has 1 aliphatic rings. The molecule has 1 aromatic rings. The van der Waals surface area contributed by atoms with Gasteiger partial charge in [0.05, 0.1) is 5.69 Å². The Bertz CT molecular complexity index is 413. The first-order chi connectivity index (χ1) is 8.08. The second-order valence-corrected chi connectivity index (χ2v) is 4.82. The molecular formula is C12H20N4O. The van der Waals surface area contributed by atoms with Crippen molar-refractivity contribution >= 4 is 5.91 Å². The van der Waals surface area contributed by atoms with Gasteiger partial charge in [0.25, 0.3) is 5.91 Å². The summed E-state index contributed by atoms with van der Waals surface area (Å²) in [6.45, 7) is 1.88. The largest absolute Gasteiger partial charge is 0.346 e. The molecule has 94 valence electrons. The molecule has 2 atom stereocenters. The van der Waals surface area contributed by atoms with E-state index in [2.05, 4.69) is 10.4 Å². The minimum absolute atomic E-state index is 0.0737. The zero-order valence-electron chi connectivity index (χ0n) is 10.4. The van der Waals surface area contributed by atoms with E-state index in [-0.39, 0.29) is 18.0 Å². The third-order valence-electron chi connectivity index (χ3n) is 3.37. The molecule has 2 unspecified atom stereocenters. The lowest BCUT2D eigenvalue weighted by molar-refractivity contribution is 0.0911. The molecule has 1 aliphatic carbocycles. The van der Waals surface area contributed by atoms with Gasteiger partial charge in [-0.05, 0) is 25.8 Å². The van der Waals surface area contributed by atoms with Crippen LogP contribution in [0.3, 0.4) is 0 Å². The van der Waals surface area contributed by atoms with Crippen molar-refractivity contribution in [3.05, 3.63) is 17.5 Å². The van der Waals surface area contributed by atoms with Gasteiger partial charge < -0.3 is 11.1 Å². The zero-order chi connectivity index (χ0) is 12.4. The normalized spacial score (nSPS) is 24.6. The average Bonchev–Trinajstić information content (AvgIpc) is 2.61. The van der Waals surface area contributed by atoms with Crippen molar-refractivity contribution in [2.24, 2.45) is 12.8 Å². The van der Waals surface area contributed by atoms with Gasteiger partial charge in [-0.1, -0.05) is 12.8 Å². The lowest BCUT2D eigenvalue weighted by Gasteiger charge is -2.29. The molecule has 0 aliphatic heterocycles. The predicted molar refractivity (Wildman–Crippen MR) is 65.6 cm³/mol. The van der Waals surface area contributed by atoms with Gasteiger partial charge in [0.2, 0.25) is 0 Å². The number of carbonyl (C=O) groups is 1. The van der Waals surface area contributed by atoms with Crippen LogP contribution in [0.4, 0.5) is 0 Å². The molecule has 1 saturated carbocycles. The summed E-state index contributed by atoms with van der Waals surface area (Å²) in [6.07, 6.45) is 4.28. The maximum Gasteiger partial charge on any atom is 0.269 e. The highest BCUT2D eigenvalue weighted by Gasteiger charge is 2.24. The number of nitrogens with two attached hydrogens (primary N) is 1. The first-order valence-electron chi connectivity index (χ1n) is 6.15. The Kier molecular flexibility index (Phi) is 3.47. The van der Waals surface area contributed by atoms with Gasteiger partial charge in [0, 0.05) is 19.1 Å². The fourth-order valence-electron chi connectivity index (χ4n) is 2.40. The maximum atomic E-state index is 12.1. The summed E-state index contributed by atoms with van der Waals surface area (Å²) < 4.78 is 1.61. The Balaban J connectivity index is 2.03. The van der Waals surface area contributed by atoms with Gasteiger partial charge in [-0.25, -0.2) is 0 Å². The summed E-state index contributed by atoms with van der Waals surface area (Å²) in [7, 11) is 1.78. The van der Waals surface area contributed by atoms with Gasteiger partial charge in [0.1, 0.15) is 5.69 Å². The van der Waals surface area contributed by atoms with Crippen LogP contribution < -0.4 is 11.1 Å². The molecule has 1 amide bonds. The van der Waals surface area contributed by atoms with E-state index in [1.807, 2.05) is 6.92 Å². The molecule has 1 heterocycles. The lowest BCUT2D eigenvalue weighted by atomic mass is 9.91. The van der Waals surface area contributed by atoms with Gasteiger partial charge in [-0.2, -0.15) is 5.10 Å². The summed E-state index contributed by atoms with van der Waals surface area (Å²) >= 11 is 0. The molecule has 0 spiro atoms. The number of aryl methyl sites for hydroxylation is 2. The smallest absolute Gasteiger partial charge is 0.269 e. The average molecular weight is 236 g/mol. The maximum absolute atomic E-state index is 12.1. The minimum Gasteiger partial charge on any atom is -0.346 e. The molecule has 0 saturated heterocycles. The summed E-state index contributed by atoms with van der Waals surface area (Å²) in [5, 5.41) is 7.18. The lowest BCUT2D eigenvalue weighted by Crippen LogP contribution is -2.49. The van der Waals surface area contributed by atoms with Crippen molar-refractivity contribution in [2.75, 3.05) is 0 Å². The van der Waals surface area contributed by atoms with E-state index in [1.165, 1.54) is 6.42 Å². The van der Waals surface area contributed by atoms with Crippen LogP contribution in [0, 0.1) is 6.92 Å². The number of nitrogens with zero attached hydrogens (tertiary/aromatic N) is 2. The van der Waals surface area contributed by atoms with Crippen molar-refractivity contribution in [1.29, 1.82) is 0 Å². The van der Waals surface area contributed by atoms with Crippen molar-refractivity contribution in [3.63, 3.8) is 0 Å². The Hall–Kier alpha value is -1.36. The molecule has 5 nitrogen and oxygen atoms in total. The fourth-order valence-corrected chi connectivity index (χ4v) is 2.40. The predicted octanol–water partition coefficient (Wildman–Crippen LogP) is 0.728. The highest BCUT2D eigenvalue weighted by molar-refractivity contribution is 5.92. The second kappa shape index (κ2) is 4.87. The van der Waals surface area contributed by atoms with E-state index < -0.39 is 0 Å². The van der Waals surface area contributed by atoms with E-state index in [0.717, 1.165) is 25.0 Å². The van der Waals surface area contributed by atoms with Crippen LogP contribution in [0.1, 0.15) is 41.9 Å². The van der Waals surface area contributed by atoms with Crippen LogP contribution in [0.2, 0.25) is 0 Å². The third kappa shape index (κ3) is 2.66. The summed E-state index contributed by atoms with van der Waals surface area (Å²) in [5.41, 5.74) is 7.46. The number of carbonyl (C=O) groups excluding carboxylic acids is 1. The highest BCUT2D eigenvalue weighted by atomic mass is 16.2. The number of hydrogen-bond acceptors (Lipinski definition) is 3. The molecule has 0 radical (unpaired) electrons. The van der Waals surface area contributed by atoms with E-state index in [0.29, 0.717) is 5.69 Å². The topological polar surface area (TPSA) is 72.9 Å². The van der Waals surface area contributed by atoms with E-state index in [4.69, 9.17) is 5.73 Å². The Morgan fingerprint density at radius 3 is 2.82 bits per heavy atom. The van der Waals surface area contributed by atoms with Crippen molar-refractivity contribution < 1.29 is 4.79 Å². The first-order valence-corrected chi connectivity index (χ1v) is 6.15. The van der Waals surface area contributed by atoms with Crippen LogP contribution in [0.25, 0.3) is 0 Å². The molecule has 5 heteroatoms. The third-order valence-corrected chi connectivity index (χ3v) is 3.37. The fraction of sp³-hybridized carbons (Fsp3) is 0.667. The Morgan fingerprint density at radius 1 is 1.53 bits per heavy atom. The van der Waals surface area contributed by atoms with Crippen LogP contribution in [0.15, 0.2) is 6.07 Å². The summed E-state index contributed by atoms with van der Waals surface area (Å²) in [6, 6.07) is 1.98. The molecule has 3 N–H and O–H groups in total. The molecule has 17 heavy (non-hydrogen) atoms. The van der Waals surface area contributed by atoms with Crippen LogP contribution in [-0.4, -0.2) is 27.8 Å². The van der Waals surface area contributed by atoms with Gasteiger partial charge in [0.15, 0.2) is 0 Å². The number of nitrogens with one attached hydrogen (secondary N) is 1. The Morgan fingerprint density at radius 2 is 2.24 bits per heavy atom. The second-order valence-electron chi connectivity index (χ2n) is 4.82. The van der Waals surface area contributed by atoms with Crippen molar-refractivity contribution in [1.82, 2.24) is 15.1 Å². The standard InChI is InChI=1S/C12H20N4O/c1-8-7-11(16(2)15-8)12(17)14-10-6-4-3-5-9(10)13/h7,9-10H,3-6,13H2,1-2H3,(H,14,17). The van der Waals surface area contributed by atoms with E-state index in [1.54, 1.807) is 17.8 Å². The van der Waals surface area contributed by atoms with E-state index in [9.17, 15) is 4.79 Å². The number of amides is 1. The molecule has 0 aromatic carbocycles. The minimum atomic E-state index is -0.0737. The quantitative estimate of drug-likeness (QED) is 0.795. The van der Waals surface area contributed by atoms with Crippen LogP contribution in [-0.2, 0) is 7.05 Å². The molecule has 1 aromatic heterocycles. The van der Waals surface area contributed by atoms with Gasteiger partial charge >= 0.3 is 0 Å². The molecule has 0 bridgehead atoms. The SMILES string of the molecule is Cc1cc(C(=O)NC2CCCCC2N)n(C)n1. The first kappa shape index (κ1) is 12.1. The number of rotatable bonds is 2. The molecule has 2 rings (SSSR count). The number of aromatic nitrogens is 2. The monoisotopic (exact) mass is 236 g/mol. The Labute approximate surface area is 101 Å². The van der Waals surface area contributed by atoms with Gasteiger partial charge in [-0.3, -0.25) is 9.48 Å². The zero-order valence-corrected chi connectivity index (χ0v) is 10.4. The van der Waals surface area contributed by atoms with Crippen LogP contribution in [0.5, 0.6) is 0 Å². The van der Waals surface area contributed by atoms with Crippen molar-refractivity contribution in [3.8, 4) is 0 Å².